The van der Waals surface area contributed by atoms with Crippen LogP contribution in [0.5, 0.6) is 0 Å². The molecule has 9 nitrogen and oxygen atoms in total. The summed E-state index contributed by atoms with van der Waals surface area (Å²) in [4.78, 5) is 31.6. The summed E-state index contributed by atoms with van der Waals surface area (Å²) in [6.45, 7) is 11.9. The van der Waals surface area contributed by atoms with Crippen LogP contribution in [-0.2, 0) is 20.6 Å². The molecular formula is C21H29ClN4O5. The van der Waals surface area contributed by atoms with Gasteiger partial charge in [0.15, 0.2) is 10.8 Å². The molecule has 3 rings (SSSR count). The summed E-state index contributed by atoms with van der Waals surface area (Å²) in [5.74, 6) is -0.524. The van der Waals surface area contributed by atoms with Crippen molar-refractivity contribution in [3.8, 4) is 0 Å². The lowest BCUT2D eigenvalue weighted by Gasteiger charge is -2.36. The second-order valence-electron chi connectivity index (χ2n) is 9.46. The number of rotatable bonds is 3. The van der Waals surface area contributed by atoms with E-state index in [1.54, 1.807) is 31.7 Å². The van der Waals surface area contributed by atoms with E-state index in [9.17, 15) is 9.59 Å². The molecular weight excluding hydrogens is 424 g/mol. The predicted octanol–water partition coefficient (Wildman–Crippen LogP) is 3.52. The predicted molar refractivity (Wildman–Crippen MR) is 114 cm³/mol. The van der Waals surface area contributed by atoms with Crippen molar-refractivity contribution < 1.29 is 23.8 Å². The van der Waals surface area contributed by atoms with Crippen LogP contribution in [0.1, 0.15) is 57.6 Å². The molecule has 0 N–H and O–H groups in total. The molecule has 0 saturated carbocycles. The van der Waals surface area contributed by atoms with Crippen LogP contribution in [0.4, 0.5) is 4.79 Å². The van der Waals surface area contributed by atoms with Crippen molar-refractivity contribution in [3.05, 3.63) is 28.7 Å². The summed E-state index contributed by atoms with van der Waals surface area (Å²) < 4.78 is 18.3. The fraction of sp³-hybridized carbons (Fsp3) is 0.619. The van der Waals surface area contributed by atoms with Gasteiger partial charge in [0.25, 0.3) is 0 Å². The van der Waals surface area contributed by atoms with E-state index >= 15 is 0 Å². The van der Waals surface area contributed by atoms with Gasteiger partial charge in [-0.25, -0.2) is 19.1 Å². The van der Waals surface area contributed by atoms with Gasteiger partial charge < -0.3 is 19.1 Å². The molecule has 1 aliphatic rings. The Bertz CT molecular complexity index is 977. The van der Waals surface area contributed by atoms with Gasteiger partial charge in [0.1, 0.15) is 11.2 Å². The van der Waals surface area contributed by atoms with Crippen molar-refractivity contribution >= 4 is 29.3 Å². The van der Waals surface area contributed by atoms with Gasteiger partial charge in [0.05, 0.1) is 30.5 Å². The summed E-state index contributed by atoms with van der Waals surface area (Å²) in [6, 6.07) is 1.24. The topological polar surface area (TPSA) is 95.3 Å². The minimum absolute atomic E-state index is 0.249. The number of amides is 1. The first kappa shape index (κ1) is 23.3. The summed E-state index contributed by atoms with van der Waals surface area (Å²) in [7, 11) is 0. The largest absolute Gasteiger partial charge is 0.456 e. The number of carbonyl (C=O) groups is 2. The van der Waals surface area contributed by atoms with Crippen LogP contribution in [0.3, 0.4) is 0 Å². The maximum absolute atomic E-state index is 12.9. The number of nitrogens with zero attached hydrogens (tertiary/aromatic N) is 4. The van der Waals surface area contributed by atoms with Gasteiger partial charge in [-0.3, -0.25) is 0 Å². The Morgan fingerprint density at radius 3 is 2.52 bits per heavy atom. The Balaban J connectivity index is 1.98. The molecule has 1 fully saturated rings. The molecule has 1 amide bonds. The first-order valence-corrected chi connectivity index (χ1v) is 10.6. The van der Waals surface area contributed by atoms with Gasteiger partial charge >= 0.3 is 12.1 Å². The second kappa shape index (κ2) is 8.63. The highest BCUT2D eigenvalue weighted by Gasteiger charge is 2.33. The third-order valence-electron chi connectivity index (χ3n) is 4.46. The second-order valence-corrected chi connectivity index (χ2v) is 9.85. The van der Waals surface area contributed by atoms with E-state index in [4.69, 9.17) is 25.8 Å². The highest BCUT2D eigenvalue weighted by Crippen LogP contribution is 2.23. The van der Waals surface area contributed by atoms with Crippen LogP contribution in [-0.4, -0.2) is 68.6 Å². The fourth-order valence-electron chi connectivity index (χ4n) is 3.26. The number of halogens is 1. The molecule has 0 bridgehead atoms. The average Bonchev–Trinajstić information content (AvgIpc) is 3.00. The number of hydrogen-bond donors (Lipinski definition) is 0. The first-order valence-electron chi connectivity index (χ1n) is 10.2. The minimum atomic E-state index is -0.679. The standard InChI is InChI=1S/C21H29ClN4O5/c1-20(2,3)30-18(27)14-11-23-17-10-16(22)24-26(17)15(14)9-13-12-29-8-7-25(13)19(28)31-21(4,5)6/h10-11,13H,7-9,12H2,1-6H3. The van der Waals surface area contributed by atoms with Crippen LogP contribution in [0.25, 0.3) is 5.65 Å². The van der Waals surface area contributed by atoms with E-state index in [-0.39, 0.29) is 23.2 Å². The van der Waals surface area contributed by atoms with Crippen LogP contribution in [0.2, 0.25) is 5.15 Å². The lowest BCUT2D eigenvalue weighted by atomic mass is 10.0. The first-order chi connectivity index (χ1) is 14.3. The Morgan fingerprint density at radius 2 is 1.87 bits per heavy atom. The van der Waals surface area contributed by atoms with Gasteiger partial charge in [-0.05, 0) is 41.5 Å². The van der Waals surface area contributed by atoms with E-state index in [0.717, 1.165) is 0 Å². The number of ether oxygens (including phenoxy) is 3. The zero-order chi connectivity index (χ0) is 23.0. The Kier molecular flexibility index (Phi) is 6.48. The molecule has 170 valence electrons. The molecule has 3 heterocycles. The van der Waals surface area contributed by atoms with Crippen molar-refractivity contribution in [2.75, 3.05) is 19.8 Å². The maximum atomic E-state index is 12.9. The van der Waals surface area contributed by atoms with E-state index in [0.29, 0.717) is 31.1 Å². The maximum Gasteiger partial charge on any atom is 0.410 e. The van der Waals surface area contributed by atoms with Crippen molar-refractivity contribution in [1.82, 2.24) is 19.5 Å². The SMILES string of the molecule is CC(C)(C)OC(=O)c1cnc2cc(Cl)nn2c1CC1COCCN1C(=O)OC(C)(C)C. The molecule has 0 spiro atoms. The summed E-state index contributed by atoms with van der Waals surface area (Å²) in [5.41, 5.74) is -0.0113. The van der Waals surface area contributed by atoms with Crippen molar-refractivity contribution in [2.24, 2.45) is 0 Å². The van der Waals surface area contributed by atoms with E-state index in [1.807, 2.05) is 20.8 Å². The van der Waals surface area contributed by atoms with E-state index < -0.39 is 23.3 Å². The molecule has 1 atom stereocenters. The number of fused-ring (bicyclic) bond motifs is 1. The Labute approximate surface area is 186 Å². The smallest absolute Gasteiger partial charge is 0.410 e. The molecule has 0 radical (unpaired) electrons. The molecule has 31 heavy (non-hydrogen) atoms. The molecule has 0 aromatic carbocycles. The molecule has 2 aromatic heterocycles. The average molecular weight is 453 g/mol. The lowest BCUT2D eigenvalue weighted by molar-refractivity contribution is -0.0323. The normalized spacial score (nSPS) is 17.6. The van der Waals surface area contributed by atoms with Crippen molar-refractivity contribution in [3.63, 3.8) is 0 Å². The third kappa shape index (κ3) is 5.86. The zero-order valence-electron chi connectivity index (χ0n) is 18.8. The number of hydrogen-bond acceptors (Lipinski definition) is 7. The molecule has 1 aliphatic heterocycles. The third-order valence-corrected chi connectivity index (χ3v) is 4.64. The molecule has 10 heteroatoms. The van der Waals surface area contributed by atoms with Gasteiger partial charge in [-0.15, -0.1) is 0 Å². The molecule has 1 unspecified atom stereocenters. The van der Waals surface area contributed by atoms with Crippen LogP contribution in [0.15, 0.2) is 12.3 Å². The molecule has 2 aromatic rings. The molecule has 0 aliphatic carbocycles. The number of esters is 1. The summed E-state index contributed by atoms with van der Waals surface area (Å²) >= 11 is 6.09. The van der Waals surface area contributed by atoms with Crippen LogP contribution < -0.4 is 0 Å². The number of morpholine rings is 1. The Morgan fingerprint density at radius 1 is 1.19 bits per heavy atom. The number of carbonyl (C=O) groups excluding carboxylic acids is 2. The number of aromatic nitrogens is 3. The van der Waals surface area contributed by atoms with Gasteiger partial charge in [0.2, 0.25) is 0 Å². The van der Waals surface area contributed by atoms with Crippen molar-refractivity contribution in [1.29, 1.82) is 0 Å². The quantitative estimate of drug-likeness (QED) is 0.657. The lowest BCUT2D eigenvalue weighted by Crippen LogP contribution is -2.51. The Hall–Kier alpha value is -2.39. The fourth-order valence-corrected chi connectivity index (χ4v) is 3.43. The highest BCUT2D eigenvalue weighted by molar-refractivity contribution is 6.29. The summed E-state index contributed by atoms with van der Waals surface area (Å²) in [6.07, 6.45) is 1.31. The van der Waals surface area contributed by atoms with Crippen LogP contribution >= 0.6 is 11.6 Å². The van der Waals surface area contributed by atoms with E-state index in [2.05, 4.69) is 10.1 Å². The molecule has 1 saturated heterocycles. The monoisotopic (exact) mass is 452 g/mol. The highest BCUT2D eigenvalue weighted by atomic mass is 35.5. The van der Waals surface area contributed by atoms with Gasteiger partial charge in [-0.1, -0.05) is 11.6 Å². The summed E-state index contributed by atoms with van der Waals surface area (Å²) in [5, 5.41) is 4.53. The van der Waals surface area contributed by atoms with E-state index in [1.165, 1.54) is 10.7 Å². The zero-order valence-corrected chi connectivity index (χ0v) is 19.5. The van der Waals surface area contributed by atoms with Gasteiger partial charge in [-0.2, -0.15) is 5.10 Å². The van der Waals surface area contributed by atoms with Crippen molar-refractivity contribution in [2.45, 2.75) is 65.2 Å². The van der Waals surface area contributed by atoms with Gasteiger partial charge in [0, 0.05) is 25.2 Å². The van der Waals surface area contributed by atoms with Crippen LogP contribution in [0, 0.1) is 0 Å². The minimum Gasteiger partial charge on any atom is -0.456 e.